The molecule has 1 nitrogen and oxygen atoms in total. The Bertz CT molecular complexity index is 719. The first-order valence-corrected chi connectivity index (χ1v) is 7.42. The highest BCUT2D eigenvalue weighted by molar-refractivity contribution is 9.10. The molecule has 2 aromatic carbocycles. The molecule has 0 N–H and O–H groups in total. The fourth-order valence-electron chi connectivity index (χ4n) is 2.45. The molecule has 0 amide bonds. The van der Waals surface area contributed by atoms with Crippen LogP contribution in [0.1, 0.15) is 11.1 Å². The molecule has 3 rings (SSSR count). The smallest absolute Gasteiger partial charge is 0.0492 e. The first-order chi connectivity index (χ1) is 8.49. The predicted octanol–water partition coefficient (Wildman–Crippen LogP) is 5.47. The van der Waals surface area contributed by atoms with Crippen molar-refractivity contribution in [3.05, 3.63) is 44.3 Å². The fourth-order valence-corrected chi connectivity index (χ4v) is 3.14. The Morgan fingerprint density at radius 2 is 1.17 bits per heavy atom. The van der Waals surface area contributed by atoms with E-state index in [0.717, 1.165) is 0 Å². The Morgan fingerprint density at radius 3 is 1.56 bits per heavy atom. The first kappa shape index (κ1) is 12.2. The van der Waals surface area contributed by atoms with E-state index in [9.17, 15) is 0 Å². The van der Waals surface area contributed by atoms with E-state index in [2.05, 4.69) is 81.6 Å². The van der Waals surface area contributed by atoms with Gasteiger partial charge in [-0.15, -0.1) is 0 Å². The molecule has 0 saturated heterocycles. The molecule has 3 heteroatoms. The Kier molecular flexibility index (Phi) is 2.79. The van der Waals surface area contributed by atoms with Crippen LogP contribution in [-0.4, -0.2) is 4.57 Å². The fraction of sp³-hybridized carbons (Fsp3) is 0.200. The van der Waals surface area contributed by atoms with Gasteiger partial charge in [0.1, 0.15) is 0 Å². The second kappa shape index (κ2) is 4.10. The van der Waals surface area contributed by atoms with Crippen molar-refractivity contribution < 1.29 is 0 Å². The van der Waals surface area contributed by atoms with Crippen molar-refractivity contribution in [1.29, 1.82) is 0 Å². The van der Waals surface area contributed by atoms with Crippen LogP contribution in [0, 0.1) is 13.8 Å². The van der Waals surface area contributed by atoms with Gasteiger partial charge in [-0.25, -0.2) is 0 Å². The van der Waals surface area contributed by atoms with E-state index in [4.69, 9.17) is 0 Å². The first-order valence-electron chi connectivity index (χ1n) is 5.83. The normalized spacial score (nSPS) is 11.6. The number of hydrogen-bond acceptors (Lipinski definition) is 0. The Labute approximate surface area is 123 Å². The summed E-state index contributed by atoms with van der Waals surface area (Å²) >= 11 is 7.25. The van der Waals surface area contributed by atoms with Gasteiger partial charge < -0.3 is 4.57 Å². The molecule has 3 aromatic rings. The zero-order valence-corrected chi connectivity index (χ0v) is 13.7. The number of aryl methyl sites for hydroxylation is 3. The van der Waals surface area contributed by atoms with E-state index in [1.54, 1.807) is 0 Å². The summed E-state index contributed by atoms with van der Waals surface area (Å²) < 4.78 is 4.60. The third-order valence-corrected chi connectivity index (χ3v) is 5.28. The molecule has 0 fully saturated rings. The number of rotatable bonds is 0. The van der Waals surface area contributed by atoms with Crippen LogP contribution >= 0.6 is 31.9 Å². The number of aromatic nitrogens is 1. The quantitative estimate of drug-likeness (QED) is 0.496. The summed E-state index contributed by atoms with van der Waals surface area (Å²) in [6, 6.07) is 8.91. The standard InChI is InChI=1S/C15H13Br2N/c1-8-4-14-10(6-12(8)16)11-7-13(17)9(2)5-15(11)18(14)3/h4-7H,1-3H3. The molecule has 92 valence electrons. The molecule has 0 aliphatic rings. The third kappa shape index (κ3) is 1.64. The lowest BCUT2D eigenvalue weighted by molar-refractivity contribution is 1.01. The van der Waals surface area contributed by atoms with Crippen LogP contribution < -0.4 is 0 Å². The number of benzene rings is 2. The molecule has 0 atom stereocenters. The molecule has 18 heavy (non-hydrogen) atoms. The highest BCUT2D eigenvalue weighted by Crippen LogP contribution is 2.34. The highest BCUT2D eigenvalue weighted by Gasteiger charge is 2.11. The maximum Gasteiger partial charge on any atom is 0.0492 e. The Morgan fingerprint density at radius 1 is 0.778 bits per heavy atom. The van der Waals surface area contributed by atoms with Crippen molar-refractivity contribution in [2.75, 3.05) is 0 Å². The van der Waals surface area contributed by atoms with Gasteiger partial charge >= 0.3 is 0 Å². The van der Waals surface area contributed by atoms with Gasteiger partial charge in [-0.2, -0.15) is 0 Å². The summed E-state index contributed by atoms with van der Waals surface area (Å²) in [6.07, 6.45) is 0. The molecule has 1 aromatic heterocycles. The topological polar surface area (TPSA) is 4.93 Å². The molecule has 1 heterocycles. The van der Waals surface area contributed by atoms with Crippen molar-refractivity contribution in [3.63, 3.8) is 0 Å². The summed E-state index contributed by atoms with van der Waals surface area (Å²) in [4.78, 5) is 0. The second-order valence-corrected chi connectivity index (χ2v) is 6.50. The van der Waals surface area contributed by atoms with Crippen LogP contribution in [0.4, 0.5) is 0 Å². The Balaban J connectivity index is 2.58. The van der Waals surface area contributed by atoms with Crippen molar-refractivity contribution in [2.45, 2.75) is 13.8 Å². The molecule has 0 bridgehead atoms. The molecule has 0 unspecified atom stereocenters. The largest absolute Gasteiger partial charge is 0.344 e. The lowest BCUT2D eigenvalue weighted by Gasteiger charge is -2.01. The van der Waals surface area contributed by atoms with Crippen LogP contribution in [0.2, 0.25) is 0 Å². The molecular formula is C15H13Br2N. The van der Waals surface area contributed by atoms with E-state index >= 15 is 0 Å². The third-order valence-electron chi connectivity index (χ3n) is 3.57. The van der Waals surface area contributed by atoms with Gasteiger partial charge in [0, 0.05) is 37.8 Å². The number of nitrogens with zero attached hydrogens (tertiary/aromatic N) is 1. The van der Waals surface area contributed by atoms with E-state index < -0.39 is 0 Å². The van der Waals surface area contributed by atoms with Crippen LogP contribution in [0.3, 0.4) is 0 Å². The van der Waals surface area contributed by atoms with E-state index in [-0.39, 0.29) is 0 Å². The highest BCUT2D eigenvalue weighted by atomic mass is 79.9. The minimum Gasteiger partial charge on any atom is -0.344 e. The van der Waals surface area contributed by atoms with Gasteiger partial charge in [0.25, 0.3) is 0 Å². The van der Waals surface area contributed by atoms with Gasteiger partial charge in [0.15, 0.2) is 0 Å². The zero-order chi connectivity index (χ0) is 13.0. The number of hydrogen-bond donors (Lipinski definition) is 0. The van der Waals surface area contributed by atoms with Gasteiger partial charge in [-0.1, -0.05) is 31.9 Å². The minimum atomic E-state index is 1.17. The average Bonchev–Trinajstić information content (AvgIpc) is 2.56. The van der Waals surface area contributed by atoms with Gasteiger partial charge in [0.2, 0.25) is 0 Å². The van der Waals surface area contributed by atoms with E-state index in [0.29, 0.717) is 0 Å². The lowest BCUT2D eigenvalue weighted by Crippen LogP contribution is -1.88. The van der Waals surface area contributed by atoms with Crippen LogP contribution in [0.25, 0.3) is 21.8 Å². The van der Waals surface area contributed by atoms with Crippen molar-refractivity contribution in [2.24, 2.45) is 7.05 Å². The SMILES string of the molecule is Cc1cc2c(cc1Br)c1cc(Br)c(C)cc1n2C. The summed E-state index contributed by atoms with van der Waals surface area (Å²) in [5.41, 5.74) is 5.10. The van der Waals surface area contributed by atoms with Crippen molar-refractivity contribution >= 4 is 53.7 Å². The summed E-state index contributed by atoms with van der Waals surface area (Å²) in [5.74, 6) is 0. The number of fused-ring (bicyclic) bond motifs is 3. The monoisotopic (exact) mass is 365 g/mol. The van der Waals surface area contributed by atoms with Crippen molar-refractivity contribution in [3.8, 4) is 0 Å². The van der Waals surface area contributed by atoms with Crippen LogP contribution in [-0.2, 0) is 7.05 Å². The van der Waals surface area contributed by atoms with Crippen LogP contribution in [0.15, 0.2) is 33.2 Å². The maximum absolute atomic E-state index is 3.62. The molecule has 0 radical (unpaired) electrons. The summed E-state index contributed by atoms with van der Waals surface area (Å²) in [5, 5.41) is 2.59. The minimum absolute atomic E-state index is 1.17. The molecule has 0 aliphatic carbocycles. The maximum atomic E-state index is 3.62. The summed E-state index contributed by atoms with van der Waals surface area (Å²) in [7, 11) is 2.13. The lowest BCUT2D eigenvalue weighted by atomic mass is 10.1. The van der Waals surface area contributed by atoms with Gasteiger partial charge in [-0.3, -0.25) is 0 Å². The molecule has 0 aliphatic heterocycles. The van der Waals surface area contributed by atoms with Gasteiger partial charge in [-0.05, 0) is 49.2 Å². The van der Waals surface area contributed by atoms with Gasteiger partial charge in [0.05, 0.1) is 0 Å². The Hall–Kier alpha value is -0.800. The predicted molar refractivity (Wildman–Crippen MR) is 85.3 cm³/mol. The van der Waals surface area contributed by atoms with E-state index in [1.165, 1.54) is 41.9 Å². The molecule has 0 spiro atoms. The average molecular weight is 367 g/mol. The second-order valence-electron chi connectivity index (χ2n) is 4.80. The molecule has 0 saturated carbocycles. The van der Waals surface area contributed by atoms with Crippen LogP contribution in [0.5, 0.6) is 0 Å². The van der Waals surface area contributed by atoms with E-state index in [1.807, 2.05) is 0 Å². The number of halogens is 2. The molecular weight excluding hydrogens is 354 g/mol. The zero-order valence-electron chi connectivity index (χ0n) is 10.5. The van der Waals surface area contributed by atoms with Crippen molar-refractivity contribution in [1.82, 2.24) is 4.57 Å². The summed E-state index contributed by atoms with van der Waals surface area (Å²) in [6.45, 7) is 4.25.